The summed E-state index contributed by atoms with van der Waals surface area (Å²) in [7, 11) is 1.23. The van der Waals surface area contributed by atoms with E-state index >= 15 is 0 Å². The molecule has 0 aliphatic rings. The molecule has 0 aliphatic carbocycles. The van der Waals surface area contributed by atoms with Gasteiger partial charge in [0.05, 0.1) is 12.8 Å². The van der Waals surface area contributed by atoms with Crippen LogP contribution in [0.4, 0.5) is 14.5 Å². The number of carbonyl (C=O) groups is 1. The largest absolute Gasteiger partial charge is 0.492 e. The van der Waals surface area contributed by atoms with E-state index < -0.39 is 17.5 Å². The number of halogens is 3. The van der Waals surface area contributed by atoms with Crippen LogP contribution in [0.5, 0.6) is 5.75 Å². The molecule has 0 radical (unpaired) electrons. The monoisotopic (exact) mass is 280 g/mol. The lowest BCUT2D eigenvalue weighted by atomic mass is 10.2. The van der Waals surface area contributed by atoms with Crippen molar-refractivity contribution in [3.8, 4) is 5.75 Å². The zero-order chi connectivity index (χ0) is 13.0. The molecule has 0 saturated carbocycles. The van der Waals surface area contributed by atoms with Crippen LogP contribution in [0.1, 0.15) is 13.3 Å². The molecule has 1 atom stereocenters. The second kappa shape index (κ2) is 7.13. The fourth-order valence-corrected chi connectivity index (χ4v) is 1.35. The number of nitrogens with one attached hydrogen (secondary N) is 1. The first kappa shape index (κ1) is 16.6. The number of methoxy groups -OCH3 is 1. The number of hydrogen-bond donors (Lipinski definition) is 2. The van der Waals surface area contributed by atoms with E-state index in [1.54, 1.807) is 6.92 Å². The first-order chi connectivity index (χ1) is 7.93. The third-order valence-electron chi connectivity index (χ3n) is 1.99. The highest BCUT2D eigenvalue weighted by Gasteiger charge is 2.14. The van der Waals surface area contributed by atoms with Crippen molar-refractivity contribution in [2.75, 3.05) is 12.4 Å². The van der Waals surface area contributed by atoms with Gasteiger partial charge in [0.1, 0.15) is 5.82 Å². The van der Waals surface area contributed by atoms with Gasteiger partial charge in [-0.2, -0.15) is 0 Å². The normalized spacial score (nSPS) is 11.4. The van der Waals surface area contributed by atoms with E-state index in [0.717, 1.165) is 6.07 Å². The lowest BCUT2D eigenvalue weighted by Crippen LogP contribution is -2.24. The number of hydrogen-bond acceptors (Lipinski definition) is 3. The van der Waals surface area contributed by atoms with Crippen molar-refractivity contribution in [2.45, 2.75) is 19.4 Å². The quantitative estimate of drug-likeness (QED) is 0.887. The van der Waals surface area contributed by atoms with Crippen LogP contribution in [0.25, 0.3) is 0 Å². The minimum Gasteiger partial charge on any atom is -0.492 e. The van der Waals surface area contributed by atoms with Crippen molar-refractivity contribution in [1.82, 2.24) is 0 Å². The van der Waals surface area contributed by atoms with E-state index in [1.807, 2.05) is 0 Å². The maximum atomic E-state index is 13.3. The van der Waals surface area contributed by atoms with Crippen molar-refractivity contribution in [1.29, 1.82) is 0 Å². The van der Waals surface area contributed by atoms with Gasteiger partial charge in [0.15, 0.2) is 11.6 Å². The highest BCUT2D eigenvalue weighted by Crippen LogP contribution is 2.28. The molecule has 102 valence electrons. The molecule has 1 aromatic carbocycles. The third kappa shape index (κ3) is 4.46. The summed E-state index contributed by atoms with van der Waals surface area (Å²) in [5.41, 5.74) is 5.39. The summed E-state index contributed by atoms with van der Waals surface area (Å²) >= 11 is 0. The molecule has 0 fully saturated rings. The maximum Gasteiger partial charge on any atom is 0.226 e. The van der Waals surface area contributed by atoms with Gasteiger partial charge in [-0.15, -0.1) is 12.4 Å². The van der Waals surface area contributed by atoms with Crippen LogP contribution in [0.15, 0.2) is 12.1 Å². The Morgan fingerprint density at radius 3 is 2.61 bits per heavy atom. The molecule has 1 amide bonds. The van der Waals surface area contributed by atoms with Crippen LogP contribution >= 0.6 is 12.4 Å². The Morgan fingerprint density at radius 1 is 1.50 bits per heavy atom. The number of carbonyl (C=O) groups excluding carboxylic acids is 1. The summed E-state index contributed by atoms with van der Waals surface area (Å²) in [6.45, 7) is 1.66. The highest BCUT2D eigenvalue weighted by molar-refractivity contribution is 5.92. The SMILES string of the molecule is COc1c(F)cc(F)cc1NC(=O)CC(C)N.Cl. The molecular weight excluding hydrogens is 266 g/mol. The molecular formula is C11H15ClF2N2O2. The number of ether oxygens (including phenoxy) is 1. The van der Waals surface area contributed by atoms with E-state index in [4.69, 9.17) is 10.5 Å². The van der Waals surface area contributed by atoms with Crippen molar-refractivity contribution in [2.24, 2.45) is 5.73 Å². The van der Waals surface area contributed by atoms with Gasteiger partial charge >= 0.3 is 0 Å². The predicted octanol–water partition coefficient (Wildman–Crippen LogP) is 2.07. The Morgan fingerprint density at radius 2 is 2.11 bits per heavy atom. The molecule has 0 bridgehead atoms. The minimum absolute atomic E-state index is 0. The number of benzene rings is 1. The highest BCUT2D eigenvalue weighted by atomic mass is 35.5. The molecule has 3 N–H and O–H groups in total. The number of anilines is 1. The lowest BCUT2D eigenvalue weighted by molar-refractivity contribution is -0.116. The smallest absolute Gasteiger partial charge is 0.226 e. The third-order valence-corrected chi connectivity index (χ3v) is 1.99. The van der Waals surface area contributed by atoms with Crippen molar-refractivity contribution >= 4 is 24.0 Å². The molecule has 18 heavy (non-hydrogen) atoms. The number of rotatable bonds is 4. The zero-order valence-electron chi connectivity index (χ0n) is 10.00. The van der Waals surface area contributed by atoms with Crippen molar-refractivity contribution in [3.63, 3.8) is 0 Å². The standard InChI is InChI=1S/C11H14F2N2O2.ClH/c1-6(14)3-10(16)15-9-5-7(12)4-8(13)11(9)17-2;/h4-6H,3,14H2,1-2H3,(H,15,16);1H. The van der Waals surface area contributed by atoms with Gasteiger partial charge in [-0.25, -0.2) is 8.78 Å². The van der Waals surface area contributed by atoms with E-state index in [0.29, 0.717) is 6.07 Å². The van der Waals surface area contributed by atoms with E-state index in [2.05, 4.69) is 5.32 Å². The summed E-state index contributed by atoms with van der Waals surface area (Å²) in [6.07, 6.45) is 0.0568. The Bertz CT molecular complexity index is 428. The Balaban J connectivity index is 0.00000289. The Hall–Kier alpha value is -1.40. The second-order valence-corrected chi connectivity index (χ2v) is 3.70. The predicted molar refractivity (Wildman–Crippen MR) is 67.1 cm³/mol. The average molecular weight is 281 g/mol. The maximum absolute atomic E-state index is 13.3. The van der Waals surface area contributed by atoms with Gasteiger partial charge in [-0.1, -0.05) is 0 Å². The number of nitrogens with two attached hydrogens (primary N) is 1. The van der Waals surface area contributed by atoms with Crippen LogP contribution in [0.3, 0.4) is 0 Å². The van der Waals surface area contributed by atoms with Crippen LogP contribution < -0.4 is 15.8 Å². The summed E-state index contributed by atoms with van der Waals surface area (Å²) in [5, 5.41) is 2.35. The zero-order valence-corrected chi connectivity index (χ0v) is 10.8. The minimum atomic E-state index is -0.872. The molecule has 0 spiro atoms. The molecule has 1 aromatic rings. The van der Waals surface area contributed by atoms with Crippen LogP contribution in [-0.4, -0.2) is 19.1 Å². The van der Waals surface area contributed by atoms with Crippen LogP contribution in [-0.2, 0) is 4.79 Å². The van der Waals surface area contributed by atoms with Crippen LogP contribution in [0.2, 0.25) is 0 Å². The van der Waals surface area contributed by atoms with E-state index in [1.165, 1.54) is 7.11 Å². The summed E-state index contributed by atoms with van der Waals surface area (Å²) in [6, 6.07) is 1.33. The Kier molecular flexibility index (Phi) is 6.57. The van der Waals surface area contributed by atoms with E-state index in [9.17, 15) is 13.6 Å². The molecule has 1 unspecified atom stereocenters. The fourth-order valence-electron chi connectivity index (χ4n) is 1.35. The average Bonchev–Trinajstić information content (AvgIpc) is 2.15. The molecule has 0 aliphatic heterocycles. The van der Waals surface area contributed by atoms with Gasteiger partial charge in [-0.3, -0.25) is 4.79 Å². The molecule has 4 nitrogen and oxygen atoms in total. The Labute approximate surface area is 110 Å². The topological polar surface area (TPSA) is 64.3 Å². The first-order valence-electron chi connectivity index (χ1n) is 5.02. The van der Waals surface area contributed by atoms with E-state index in [-0.39, 0.29) is 36.3 Å². The van der Waals surface area contributed by atoms with Gasteiger partial charge in [0.25, 0.3) is 0 Å². The second-order valence-electron chi connectivity index (χ2n) is 3.70. The van der Waals surface area contributed by atoms with Gasteiger partial charge in [-0.05, 0) is 6.92 Å². The molecule has 1 rings (SSSR count). The lowest BCUT2D eigenvalue weighted by Gasteiger charge is -2.12. The van der Waals surface area contributed by atoms with Crippen molar-refractivity contribution < 1.29 is 18.3 Å². The molecule has 7 heteroatoms. The summed E-state index contributed by atoms with van der Waals surface area (Å²) < 4.78 is 31.0. The van der Waals surface area contributed by atoms with Crippen LogP contribution in [0, 0.1) is 11.6 Å². The van der Waals surface area contributed by atoms with Gasteiger partial charge in [0, 0.05) is 24.6 Å². The summed E-state index contributed by atoms with van der Waals surface area (Å²) in [5.74, 6) is -2.30. The molecule has 0 aromatic heterocycles. The van der Waals surface area contributed by atoms with Crippen molar-refractivity contribution in [3.05, 3.63) is 23.8 Å². The number of amides is 1. The van der Waals surface area contributed by atoms with Gasteiger partial charge < -0.3 is 15.8 Å². The fraction of sp³-hybridized carbons (Fsp3) is 0.364. The molecule has 0 heterocycles. The summed E-state index contributed by atoms with van der Waals surface area (Å²) in [4.78, 5) is 11.4. The first-order valence-corrected chi connectivity index (χ1v) is 5.02. The molecule has 0 saturated heterocycles. The van der Waals surface area contributed by atoms with Gasteiger partial charge in [0.2, 0.25) is 5.91 Å².